The molecule has 2 N–H and O–H groups in total. The molecule has 0 atom stereocenters. The van der Waals surface area contributed by atoms with Gasteiger partial charge in [0.05, 0.1) is 6.61 Å². The van der Waals surface area contributed by atoms with Gasteiger partial charge < -0.3 is 15.0 Å². The molecule has 0 unspecified atom stereocenters. The molecule has 0 saturated heterocycles. The Kier molecular flexibility index (Phi) is 9.28. The maximum atomic E-state index is 12.4. The standard InChI is InChI=1S/C23H29N3O3S/c1-4-5-6-7-15-29-21-13-11-18(12-14-21)22(28)25-23(30)24-19-9-8-10-20(16-19)26(3)17(2)27/h8-14,16H,4-7,15H2,1-3H3,(H2,24,25,28,30). The number of amides is 2. The molecule has 0 aromatic heterocycles. The molecule has 2 amide bonds. The molecule has 0 bridgehead atoms. The molecular weight excluding hydrogens is 398 g/mol. The molecule has 7 heteroatoms. The van der Waals surface area contributed by atoms with Gasteiger partial charge in [-0.05, 0) is 61.1 Å². The first-order chi connectivity index (χ1) is 14.4. The van der Waals surface area contributed by atoms with Gasteiger partial charge in [-0.2, -0.15) is 0 Å². The first-order valence-corrected chi connectivity index (χ1v) is 10.5. The molecule has 2 aromatic carbocycles. The van der Waals surface area contributed by atoms with Gasteiger partial charge in [0.25, 0.3) is 5.91 Å². The first-order valence-electron chi connectivity index (χ1n) is 10.1. The number of hydrogen-bond acceptors (Lipinski definition) is 4. The summed E-state index contributed by atoms with van der Waals surface area (Å²) < 4.78 is 5.70. The number of hydrogen-bond donors (Lipinski definition) is 2. The van der Waals surface area contributed by atoms with Crippen LogP contribution in [0.15, 0.2) is 48.5 Å². The highest BCUT2D eigenvalue weighted by Crippen LogP contribution is 2.18. The zero-order valence-corrected chi connectivity index (χ0v) is 18.6. The molecule has 0 radical (unpaired) electrons. The van der Waals surface area contributed by atoms with Crippen LogP contribution in [-0.2, 0) is 4.79 Å². The van der Waals surface area contributed by atoms with Crippen LogP contribution in [0.2, 0.25) is 0 Å². The lowest BCUT2D eigenvalue weighted by molar-refractivity contribution is -0.116. The predicted molar refractivity (Wildman–Crippen MR) is 125 cm³/mol. The van der Waals surface area contributed by atoms with Gasteiger partial charge in [-0.25, -0.2) is 0 Å². The molecule has 2 rings (SSSR count). The van der Waals surface area contributed by atoms with Gasteiger partial charge in [-0.3, -0.25) is 14.9 Å². The van der Waals surface area contributed by atoms with E-state index in [1.54, 1.807) is 37.4 Å². The van der Waals surface area contributed by atoms with Crippen molar-refractivity contribution in [1.82, 2.24) is 5.32 Å². The zero-order valence-electron chi connectivity index (χ0n) is 17.7. The summed E-state index contributed by atoms with van der Waals surface area (Å²) in [5, 5.41) is 5.81. The maximum absolute atomic E-state index is 12.4. The van der Waals surface area contributed by atoms with E-state index in [1.807, 2.05) is 18.2 Å². The van der Waals surface area contributed by atoms with Crippen LogP contribution < -0.4 is 20.3 Å². The van der Waals surface area contributed by atoms with Crippen LogP contribution in [0.4, 0.5) is 11.4 Å². The van der Waals surface area contributed by atoms with E-state index in [1.165, 1.54) is 24.7 Å². The number of ether oxygens (including phenoxy) is 1. The molecule has 0 saturated carbocycles. The van der Waals surface area contributed by atoms with Crippen LogP contribution in [-0.4, -0.2) is 30.6 Å². The number of anilines is 2. The number of rotatable bonds is 9. The summed E-state index contributed by atoms with van der Waals surface area (Å²) >= 11 is 5.24. The quantitative estimate of drug-likeness (QED) is 0.446. The largest absolute Gasteiger partial charge is 0.494 e. The highest BCUT2D eigenvalue weighted by Gasteiger charge is 2.10. The monoisotopic (exact) mass is 427 g/mol. The number of carbonyl (C=O) groups is 2. The minimum absolute atomic E-state index is 0.0728. The van der Waals surface area contributed by atoms with E-state index in [0.29, 0.717) is 17.9 Å². The lowest BCUT2D eigenvalue weighted by Gasteiger charge is -2.16. The van der Waals surface area contributed by atoms with Crippen molar-refractivity contribution in [3.63, 3.8) is 0 Å². The highest BCUT2D eigenvalue weighted by molar-refractivity contribution is 7.80. The number of carbonyl (C=O) groups excluding carboxylic acids is 2. The van der Waals surface area contributed by atoms with Gasteiger partial charge in [-0.1, -0.05) is 32.3 Å². The fourth-order valence-corrected chi connectivity index (χ4v) is 2.94. The van der Waals surface area contributed by atoms with Crippen molar-refractivity contribution in [2.45, 2.75) is 39.5 Å². The van der Waals surface area contributed by atoms with Crippen LogP contribution in [0, 0.1) is 0 Å². The number of unbranched alkanes of at least 4 members (excludes halogenated alkanes) is 3. The lowest BCUT2D eigenvalue weighted by Crippen LogP contribution is -2.34. The summed E-state index contributed by atoms with van der Waals surface area (Å²) in [5.74, 6) is 0.366. The normalized spacial score (nSPS) is 10.2. The second-order valence-electron chi connectivity index (χ2n) is 6.97. The second kappa shape index (κ2) is 11.9. The SMILES string of the molecule is CCCCCCOc1ccc(C(=O)NC(=S)Nc2cccc(N(C)C(C)=O)c2)cc1. The molecule has 0 aliphatic carbocycles. The Labute approximate surface area is 183 Å². The van der Waals surface area contributed by atoms with E-state index < -0.39 is 0 Å². The summed E-state index contributed by atoms with van der Waals surface area (Å²) in [6.07, 6.45) is 4.60. The van der Waals surface area contributed by atoms with Gasteiger partial charge in [0, 0.05) is 30.9 Å². The maximum Gasteiger partial charge on any atom is 0.257 e. The van der Waals surface area contributed by atoms with Gasteiger partial charge in [0.15, 0.2) is 5.11 Å². The summed E-state index contributed by atoms with van der Waals surface area (Å²) in [6.45, 7) is 4.35. The molecule has 0 heterocycles. The topological polar surface area (TPSA) is 70.7 Å². The molecule has 30 heavy (non-hydrogen) atoms. The van der Waals surface area contributed by atoms with Crippen LogP contribution in [0.3, 0.4) is 0 Å². The van der Waals surface area contributed by atoms with E-state index in [0.717, 1.165) is 24.3 Å². The molecule has 0 spiro atoms. The van der Waals surface area contributed by atoms with Crippen LogP contribution in [0.5, 0.6) is 5.75 Å². The molecule has 160 valence electrons. The Balaban J connectivity index is 1.86. The average Bonchev–Trinajstić information content (AvgIpc) is 2.73. The van der Waals surface area contributed by atoms with E-state index >= 15 is 0 Å². The predicted octanol–water partition coefficient (Wildman–Crippen LogP) is 4.76. The second-order valence-corrected chi connectivity index (χ2v) is 7.38. The fraction of sp³-hybridized carbons (Fsp3) is 0.348. The van der Waals surface area contributed by atoms with Gasteiger partial charge >= 0.3 is 0 Å². The third kappa shape index (κ3) is 7.48. The third-order valence-corrected chi connectivity index (χ3v) is 4.78. The van der Waals surface area contributed by atoms with Gasteiger partial charge in [-0.15, -0.1) is 0 Å². The molecule has 2 aromatic rings. The van der Waals surface area contributed by atoms with Crippen molar-refractivity contribution in [2.75, 3.05) is 23.9 Å². The van der Waals surface area contributed by atoms with Crippen LogP contribution in [0.25, 0.3) is 0 Å². The molecular formula is C23H29N3O3S. The number of nitrogens with one attached hydrogen (secondary N) is 2. The highest BCUT2D eigenvalue weighted by atomic mass is 32.1. The lowest BCUT2D eigenvalue weighted by atomic mass is 10.2. The Morgan fingerprint density at radius 2 is 1.80 bits per heavy atom. The molecule has 0 fully saturated rings. The van der Waals surface area contributed by atoms with Crippen LogP contribution >= 0.6 is 12.2 Å². The number of nitrogens with zero attached hydrogens (tertiary/aromatic N) is 1. The van der Waals surface area contributed by atoms with Crippen molar-refractivity contribution in [2.24, 2.45) is 0 Å². The fourth-order valence-electron chi connectivity index (χ4n) is 2.73. The molecule has 0 aliphatic rings. The van der Waals surface area contributed by atoms with E-state index in [9.17, 15) is 9.59 Å². The Bertz CT molecular complexity index is 868. The van der Waals surface area contributed by atoms with Crippen molar-refractivity contribution < 1.29 is 14.3 Å². The Morgan fingerprint density at radius 1 is 1.07 bits per heavy atom. The van der Waals surface area contributed by atoms with E-state index in [2.05, 4.69) is 17.6 Å². The zero-order chi connectivity index (χ0) is 21.9. The van der Waals surface area contributed by atoms with Gasteiger partial charge in [0.2, 0.25) is 5.91 Å². The summed E-state index contributed by atoms with van der Waals surface area (Å²) in [7, 11) is 1.69. The minimum Gasteiger partial charge on any atom is -0.494 e. The number of thiocarbonyl (C=S) groups is 1. The van der Waals surface area contributed by atoms with Crippen molar-refractivity contribution in [1.29, 1.82) is 0 Å². The van der Waals surface area contributed by atoms with Crippen molar-refractivity contribution >= 4 is 40.5 Å². The van der Waals surface area contributed by atoms with E-state index in [4.69, 9.17) is 17.0 Å². The minimum atomic E-state index is -0.306. The summed E-state index contributed by atoms with van der Waals surface area (Å²) in [6, 6.07) is 14.2. The van der Waals surface area contributed by atoms with Crippen molar-refractivity contribution in [3.8, 4) is 5.75 Å². The third-order valence-electron chi connectivity index (χ3n) is 4.57. The Morgan fingerprint density at radius 3 is 2.47 bits per heavy atom. The average molecular weight is 428 g/mol. The summed E-state index contributed by atoms with van der Waals surface area (Å²) in [5.41, 5.74) is 1.90. The first kappa shape index (κ1) is 23.3. The van der Waals surface area contributed by atoms with E-state index in [-0.39, 0.29) is 16.9 Å². The number of benzene rings is 2. The van der Waals surface area contributed by atoms with Gasteiger partial charge in [0.1, 0.15) is 5.75 Å². The smallest absolute Gasteiger partial charge is 0.257 e. The van der Waals surface area contributed by atoms with Crippen molar-refractivity contribution in [3.05, 3.63) is 54.1 Å². The molecule has 0 aliphatic heterocycles. The summed E-state index contributed by atoms with van der Waals surface area (Å²) in [4.78, 5) is 25.5. The molecule has 6 nitrogen and oxygen atoms in total. The van der Waals surface area contributed by atoms with Crippen LogP contribution in [0.1, 0.15) is 49.9 Å². The Hall–Kier alpha value is -2.93.